The molecule has 2 radical (unpaired) electrons. The van der Waals surface area contributed by atoms with Crippen LogP contribution in [0.5, 0.6) is 0 Å². The zero-order chi connectivity index (χ0) is 14.2. The number of rotatable bonds is 3. The summed E-state index contributed by atoms with van der Waals surface area (Å²) in [5.41, 5.74) is 3.77. The standard InChI is InChI=1S/C17H24N2/c1-12(2)14-8-7-9-15(13(3)4)16(14)19-10-17(5,6)18-11-19/h7-9,11-13H,1-6H3. The van der Waals surface area contributed by atoms with Crippen LogP contribution in [-0.4, -0.2) is 11.9 Å². The number of para-hydroxylation sites is 1. The Hall–Kier alpha value is -1.31. The van der Waals surface area contributed by atoms with E-state index in [1.807, 2.05) is 6.34 Å². The van der Waals surface area contributed by atoms with E-state index in [2.05, 4.69) is 76.2 Å². The van der Waals surface area contributed by atoms with Gasteiger partial charge >= 0.3 is 0 Å². The fraction of sp³-hybridized carbons (Fsp3) is 0.529. The van der Waals surface area contributed by atoms with Gasteiger partial charge in [-0.3, -0.25) is 4.99 Å². The van der Waals surface area contributed by atoms with Gasteiger partial charge in [-0.2, -0.15) is 0 Å². The zero-order valence-electron chi connectivity index (χ0n) is 12.9. The van der Waals surface area contributed by atoms with Crippen LogP contribution >= 0.6 is 0 Å². The predicted molar refractivity (Wildman–Crippen MR) is 82.9 cm³/mol. The highest BCUT2D eigenvalue weighted by Crippen LogP contribution is 2.38. The number of aliphatic imine (C=N–C) groups is 1. The summed E-state index contributed by atoms with van der Waals surface area (Å²) in [5, 5.41) is 0. The first-order valence-corrected chi connectivity index (χ1v) is 7.07. The molecule has 1 aliphatic heterocycles. The SMILES string of the molecule is CC(C)c1cccc(C(C)C)c1N1[C]C(C)(C)N=C1. The van der Waals surface area contributed by atoms with Crippen LogP contribution in [0.3, 0.4) is 0 Å². The van der Waals surface area contributed by atoms with E-state index in [9.17, 15) is 0 Å². The van der Waals surface area contributed by atoms with E-state index in [0.717, 1.165) is 0 Å². The molecule has 0 atom stereocenters. The maximum absolute atomic E-state index is 4.52. The largest absolute Gasteiger partial charge is 0.318 e. The van der Waals surface area contributed by atoms with Gasteiger partial charge in [-0.15, -0.1) is 0 Å². The summed E-state index contributed by atoms with van der Waals surface area (Å²) in [4.78, 5) is 6.60. The first-order valence-electron chi connectivity index (χ1n) is 7.07. The smallest absolute Gasteiger partial charge is 0.127 e. The van der Waals surface area contributed by atoms with Gasteiger partial charge in [-0.25, -0.2) is 0 Å². The third kappa shape index (κ3) is 2.83. The Labute approximate surface area is 117 Å². The Balaban J connectivity index is 2.51. The highest BCUT2D eigenvalue weighted by Gasteiger charge is 2.30. The van der Waals surface area contributed by atoms with Gasteiger partial charge in [0.25, 0.3) is 0 Å². The molecular formula is C17H24N2. The number of nitrogens with zero attached hydrogens (tertiary/aromatic N) is 2. The minimum absolute atomic E-state index is 0.224. The van der Waals surface area contributed by atoms with Crippen molar-refractivity contribution in [2.45, 2.75) is 58.9 Å². The lowest BCUT2D eigenvalue weighted by molar-refractivity contribution is 0.625. The molecule has 102 valence electrons. The van der Waals surface area contributed by atoms with Gasteiger partial charge in [0.05, 0.1) is 11.9 Å². The van der Waals surface area contributed by atoms with Crippen molar-refractivity contribution in [2.24, 2.45) is 4.99 Å². The molecule has 2 nitrogen and oxygen atoms in total. The Morgan fingerprint density at radius 3 is 1.95 bits per heavy atom. The van der Waals surface area contributed by atoms with Gasteiger partial charge < -0.3 is 4.90 Å². The van der Waals surface area contributed by atoms with Crippen molar-refractivity contribution >= 4 is 12.0 Å². The normalized spacial score (nSPS) is 17.8. The highest BCUT2D eigenvalue weighted by molar-refractivity contribution is 5.87. The zero-order valence-corrected chi connectivity index (χ0v) is 12.9. The van der Waals surface area contributed by atoms with Gasteiger partial charge in [0.1, 0.15) is 6.54 Å². The van der Waals surface area contributed by atoms with E-state index in [-0.39, 0.29) is 5.54 Å². The molecule has 2 rings (SSSR count). The van der Waals surface area contributed by atoms with Crippen molar-refractivity contribution in [2.75, 3.05) is 4.90 Å². The Morgan fingerprint density at radius 1 is 1.05 bits per heavy atom. The summed E-state index contributed by atoms with van der Waals surface area (Å²) in [6, 6.07) is 6.59. The summed E-state index contributed by atoms with van der Waals surface area (Å²) in [5.74, 6) is 0.986. The van der Waals surface area contributed by atoms with Crippen LogP contribution < -0.4 is 4.90 Å². The molecule has 0 aliphatic carbocycles. The summed E-state index contributed by atoms with van der Waals surface area (Å²) in [6.07, 6.45) is 1.91. The monoisotopic (exact) mass is 256 g/mol. The van der Waals surface area contributed by atoms with Crippen LogP contribution in [0.15, 0.2) is 23.2 Å². The van der Waals surface area contributed by atoms with Crippen LogP contribution in [0.1, 0.15) is 64.5 Å². The number of anilines is 1. The van der Waals surface area contributed by atoms with Gasteiger partial charge in [0.15, 0.2) is 0 Å². The van der Waals surface area contributed by atoms with E-state index < -0.39 is 0 Å². The third-order valence-corrected chi connectivity index (χ3v) is 3.47. The van der Waals surface area contributed by atoms with Crippen molar-refractivity contribution in [3.05, 3.63) is 35.9 Å². The second-order valence-electron chi connectivity index (χ2n) is 6.38. The lowest BCUT2D eigenvalue weighted by atomic mass is 9.91. The lowest BCUT2D eigenvalue weighted by Crippen LogP contribution is -2.24. The fourth-order valence-corrected chi connectivity index (χ4v) is 2.46. The maximum Gasteiger partial charge on any atom is 0.127 e. The number of hydrogen-bond acceptors (Lipinski definition) is 2. The number of hydrogen-bond donors (Lipinski definition) is 0. The van der Waals surface area contributed by atoms with Crippen LogP contribution in [0, 0.1) is 6.54 Å². The molecule has 1 aliphatic rings. The van der Waals surface area contributed by atoms with Gasteiger partial charge in [-0.05, 0) is 36.8 Å². The summed E-state index contributed by atoms with van der Waals surface area (Å²) in [7, 11) is 0. The van der Waals surface area contributed by atoms with Crippen molar-refractivity contribution < 1.29 is 0 Å². The van der Waals surface area contributed by atoms with Gasteiger partial charge in [0.2, 0.25) is 0 Å². The molecule has 2 heteroatoms. The lowest BCUT2D eigenvalue weighted by Gasteiger charge is -2.26. The summed E-state index contributed by atoms with van der Waals surface area (Å²) in [6.45, 7) is 16.6. The van der Waals surface area contributed by atoms with Gasteiger partial charge in [0, 0.05) is 5.69 Å². The minimum Gasteiger partial charge on any atom is -0.318 e. The van der Waals surface area contributed by atoms with Crippen molar-refractivity contribution in [1.82, 2.24) is 0 Å². The molecular weight excluding hydrogens is 232 g/mol. The van der Waals surface area contributed by atoms with E-state index in [1.165, 1.54) is 16.8 Å². The second kappa shape index (κ2) is 4.99. The molecule has 0 saturated heterocycles. The predicted octanol–water partition coefficient (Wildman–Crippen LogP) is 4.60. The Bertz CT molecular complexity index is 458. The second-order valence-corrected chi connectivity index (χ2v) is 6.38. The van der Waals surface area contributed by atoms with Gasteiger partial charge in [-0.1, -0.05) is 45.9 Å². The molecule has 0 amide bonds. The van der Waals surface area contributed by atoms with Crippen molar-refractivity contribution in [3.63, 3.8) is 0 Å². The molecule has 1 aromatic carbocycles. The molecule has 1 heterocycles. The summed E-state index contributed by atoms with van der Waals surface area (Å²) >= 11 is 0. The maximum atomic E-state index is 4.52. The van der Waals surface area contributed by atoms with E-state index >= 15 is 0 Å². The topological polar surface area (TPSA) is 15.6 Å². The molecule has 0 bridgehead atoms. The van der Waals surface area contributed by atoms with Crippen LogP contribution in [-0.2, 0) is 0 Å². The van der Waals surface area contributed by atoms with E-state index in [1.54, 1.807) is 0 Å². The molecule has 0 saturated carbocycles. The minimum atomic E-state index is -0.224. The third-order valence-electron chi connectivity index (χ3n) is 3.47. The Morgan fingerprint density at radius 2 is 1.58 bits per heavy atom. The fourth-order valence-electron chi connectivity index (χ4n) is 2.46. The van der Waals surface area contributed by atoms with Crippen molar-refractivity contribution in [1.29, 1.82) is 0 Å². The first-order chi connectivity index (χ1) is 8.82. The molecule has 0 unspecified atom stereocenters. The average Bonchev–Trinajstić information content (AvgIpc) is 2.68. The molecule has 0 aromatic heterocycles. The molecule has 0 fully saturated rings. The molecule has 19 heavy (non-hydrogen) atoms. The number of benzene rings is 1. The molecule has 1 aromatic rings. The van der Waals surface area contributed by atoms with Crippen molar-refractivity contribution in [3.8, 4) is 0 Å². The van der Waals surface area contributed by atoms with E-state index in [0.29, 0.717) is 11.8 Å². The molecule has 0 spiro atoms. The van der Waals surface area contributed by atoms with Crippen LogP contribution in [0.2, 0.25) is 0 Å². The quantitative estimate of drug-likeness (QED) is 0.771. The first kappa shape index (κ1) is 14.1. The van der Waals surface area contributed by atoms with E-state index in [4.69, 9.17) is 0 Å². The Kier molecular flexibility index (Phi) is 3.71. The van der Waals surface area contributed by atoms with Crippen LogP contribution in [0.4, 0.5) is 5.69 Å². The van der Waals surface area contributed by atoms with Crippen LogP contribution in [0.25, 0.3) is 0 Å². The summed E-state index contributed by atoms with van der Waals surface area (Å²) < 4.78 is 0. The molecule has 0 N–H and O–H groups in total. The highest BCUT2D eigenvalue weighted by atomic mass is 15.2. The average molecular weight is 256 g/mol.